The predicted molar refractivity (Wildman–Crippen MR) is 88.7 cm³/mol. The number of hydrogen-bond acceptors (Lipinski definition) is 8. The highest BCUT2D eigenvalue weighted by Crippen LogP contribution is 2.36. The molecule has 0 spiro atoms. The van der Waals surface area contributed by atoms with E-state index in [1.807, 2.05) is 6.07 Å². The third-order valence-corrected chi connectivity index (χ3v) is 3.91. The van der Waals surface area contributed by atoms with E-state index >= 15 is 0 Å². The lowest BCUT2D eigenvalue weighted by Gasteiger charge is -2.25. The molecule has 1 N–H and O–H groups in total. The van der Waals surface area contributed by atoms with Crippen molar-refractivity contribution in [1.82, 2.24) is 29.9 Å². The molecule has 1 fully saturated rings. The Balaban J connectivity index is 1.66. The smallest absolute Gasteiger partial charge is 0.225 e. The Morgan fingerprint density at radius 1 is 0.917 bits per heavy atom. The molecule has 4 heterocycles. The Hall–Kier alpha value is -3.16. The molecule has 1 aliphatic heterocycles. The van der Waals surface area contributed by atoms with Crippen LogP contribution in [0, 0.1) is 0 Å². The fraction of sp³-hybridized carbons (Fsp3) is 0.250. The van der Waals surface area contributed by atoms with Gasteiger partial charge in [-0.05, 0) is 18.9 Å². The minimum absolute atomic E-state index is 0.0836. The van der Waals surface area contributed by atoms with Crippen molar-refractivity contribution in [2.75, 3.05) is 16.8 Å². The van der Waals surface area contributed by atoms with E-state index in [1.165, 1.54) is 0 Å². The van der Waals surface area contributed by atoms with Gasteiger partial charge in [0.2, 0.25) is 5.95 Å². The minimum atomic E-state index is 0.0836. The summed E-state index contributed by atoms with van der Waals surface area (Å²) in [4.78, 5) is 28.2. The molecule has 120 valence electrons. The van der Waals surface area contributed by atoms with Gasteiger partial charge in [0.25, 0.3) is 0 Å². The van der Waals surface area contributed by atoms with Crippen molar-refractivity contribution in [2.24, 2.45) is 0 Å². The van der Waals surface area contributed by atoms with Gasteiger partial charge in [-0.15, -0.1) is 0 Å². The van der Waals surface area contributed by atoms with E-state index in [4.69, 9.17) is 0 Å². The minimum Gasteiger partial charge on any atom is -0.332 e. The number of hydrogen-bond donors (Lipinski definition) is 1. The molecule has 0 aromatic carbocycles. The average molecular weight is 320 g/mol. The van der Waals surface area contributed by atoms with E-state index in [1.54, 1.807) is 43.4 Å². The number of nitrogens with zero attached hydrogens (tertiary/aromatic N) is 7. The number of aromatic nitrogens is 6. The summed E-state index contributed by atoms with van der Waals surface area (Å²) in [5, 5.41) is 3.21. The van der Waals surface area contributed by atoms with Gasteiger partial charge >= 0.3 is 0 Å². The highest BCUT2D eigenvalue weighted by Gasteiger charge is 2.31. The number of nitrogens with one attached hydrogen (secondary N) is 1. The zero-order valence-electron chi connectivity index (χ0n) is 12.9. The summed E-state index contributed by atoms with van der Waals surface area (Å²) in [7, 11) is 0. The van der Waals surface area contributed by atoms with Gasteiger partial charge in [0.05, 0.1) is 12.2 Å². The van der Waals surface area contributed by atoms with Crippen molar-refractivity contribution >= 4 is 17.6 Å². The quantitative estimate of drug-likeness (QED) is 0.781. The van der Waals surface area contributed by atoms with Crippen LogP contribution in [0.2, 0.25) is 0 Å². The Labute approximate surface area is 139 Å². The molecule has 3 aromatic rings. The number of anilines is 3. The van der Waals surface area contributed by atoms with Gasteiger partial charge in [-0.1, -0.05) is 0 Å². The first-order valence-electron chi connectivity index (χ1n) is 7.79. The second-order valence-electron chi connectivity index (χ2n) is 5.41. The van der Waals surface area contributed by atoms with E-state index in [0.29, 0.717) is 11.6 Å². The topological polar surface area (TPSA) is 92.6 Å². The molecule has 0 saturated carbocycles. The lowest BCUT2D eigenvalue weighted by atomic mass is 10.1. The first-order valence-corrected chi connectivity index (χ1v) is 7.79. The molecule has 1 atom stereocenters. The van der Waals surface area contributed by atoms with Crippen molar-refractivity contribution in [3.63, 3.8) is 0 Å². The number of rotatable bonds is 4. The van der Waals surface area contributed by atoms with Crippen LogP contribution in [0.5, 0.6) is 0 Å². The molecule has 8 nitrogen and oxygen atoms in total. The molecule has 0 aliphatic carbocycles. The van der Waals surface area contributed by atoms with Crippen LogP contribution in [-0.2, 0) is 0 Å². The van der Waals surface area contributed by atoms with Crippen molar-refractivity contribution in [2.45, 2.75) is 18.9 Å². The van der Waals surface area contributed by atoms with Crippen LogP contribution in [0.25, 0.3) is 0 Å². The Morgan fingerprint density at radius 3 is 2.58 bits per heavy atom. The van der Waals surface area contributed by atoms with Crippen molar-refractivity contribution < 1.29 is 0 Å². The highest BCUT2D eigenvalue weighted by molar-refractivity contribution is 5.55. The third kappa shape index (κ3) is 2.85. The van der Waals surface area contributed by atoms with Crippen LogP contribution in [-0.4, -0.2) is 36.4 Å². The maximum absolute atomic E-state index is 4.56. The van der Waals surface area contributed by atoms with Crippen molar-refractivity contribution in [3.05, 3.63) is 55.1 Å². The summed E-state index contributed by atoms with van der Waals surface area (Å²) >= 11 is 0. The molecule has 0 bridgehead atoms. The first kappa shape index (κ1) is 14.4. The van der Waals surface area contributed by atoms with E-state index in [-0.39, 0.29) is 6.04 Å². The molecule has 3 aromatic heterocycles. The van der Waals surface area contributed by atoms with Gasteiger partial charge < -0.3 is 10.2 Å². The van der Waals surface area contributed by atoms with Crippen molar-refractivity contribution in [3.8, 4) is 0 Å². The maximum Gasteiger partial charge on any atom is 0.225 e. The highest BCUT2D eigenvalue weighted by atomic mass is 15.3. The Kier molecular flexibility index (Phi) is 3.93. The molecule has 0 radical (unpaired) electrons. The fourth-order valence-corrected chi connectivity index (χ4v) is 2.90. The maximum atomic E-state index is 4.56. The Morgan fingerprint density at radius 2 is 1.75 bits per heavy atom. The van der Waals surface area contributed by atoms with Gasteiger partial charge in [0.15, 0.2) is 5.82 Å². The van der Waals surface area contributed by atoms with Crippen LogP contribution in [0.4, 0.5) is 17.6 Å². The summed E-state index contributed by atoms with van der Waals surface area (Å²) < 4.78 is 0. The molecule has 8 heteroatoms. The molecule has 0 amide bonds. The standard InChI is InChI=1S/C16H16N8/c1-3-12(24(10-1)16-21-4-2-5-22-16)14-15(20-9-8-19-14)23-13-11-17-6-7-18-13/h2,4-9,11-12H,1,3,10H2,(H,18,20,23)/t12-/m0/s1. The zero-order chi connectivity index (χ0) is 16.2. The van der Waals surface area contributed by atoms with Crippen LogP contribution >= 0.6 is 0 Å². The summed E-state index contributed by atoms with van der Waals surface area (Å²) in [6.45, 7) is 0.899. The lowest BCUT2D eigenvalue weighted by Crippen LogP contribution is -2.26. The van der Waals surface area contributed by atoms with E-state index < -0.39 is 0 Å². The van der Waals surface area contributed by atoms with Crippen LogP contribution in [0.1, 0.15) is 24.6 Å². The molecule has 0 unspecified atom stereocenters. The van der Waals surface area contributed by atoms with Gasteiger partial charge in [0, 0.05) is 43.7 Å². The van der Waals surface area contributed by atoms with Crippen LogP contribution in [0.15, 0.2) is 49.4 Å². The zero-order valence-corrected chi connectivity index (χ0v) is 12.9. The summed E-state index contributed by atoms with van der Waals surface area (Å²) in [5.74, 6) is 2.04. The fourth-order valence-electron chi connectivity index (χ4n) is 2.90. The molecular formula is C16H16N8. The molecule has 1 saturated heterocycles. The largest absolute Gasteiger partial charge is 0.332 e. The van der Waals surface area contributed by atoms with Gasteiger partial charge in [-0.2, -0.15) is 0 Å². The van der Waals surface area contributed by atoms with E-state index in [2.05, 4.69) is 40.1 Å². The summed E-state index contributed by atoms with van der Waals surface area (Å²) in [6, 6.07) is 1.90. The molecule has 4 rings (SSSR count). The third-order valence-electron chi connectivity index (χ3n) is 3.91. The summed E-state index contributed by atoms with van der Waals surface area (Å²) in [6.07, 6.45) is 13.9. The normalized spacial score (nSPS) is 17.0. The predicted octanol–water partition coefficient (Wildman–Crippen LogP) is 2.14. The second-order valence-corrected chi connectivity index (χ2v) is 5.41. The SMILES string of the molecule is c1cnc(N2CCC[C@H]2c2nccnc2Nc2cnccn2)nc1. The van der Waals surface area contributed by atoms with E-state index in [0.717, 1.165) is 31.0 Å². The molecule has 24 heavy (non-hydrogen) atoms. The van der Waals surface area contributed by atoms with Crippen molar-refractivity contribution in [1.29, 1.82) is 0 Å². The molecule has 1 aliphatic rings. The van der Waals surface area contributed by atoms with Crippen LogP contribution < -0.4 is 10.2 Å². The van der Waals surface area contributed by atoms with Gasteiger partial charge in [0.1, 0.15) is 11.5 Å². The van der Waals surface area contributed by atoms with E-state index in [9.17, 15) is 0 Å². The monoisotopic (exact) mass is 320 g/mol. The van der Waals surface area contributed by atoms with Crippen LogP contribution in [0.3, 0.4) is 0 Å². The molecular weight excluding hydrogens is 304 g/mol. The first-order chi connectivity index (χ1) is 11.9. The van der Waals surface area contributed by atoms with Gasteiger partial charge in [-0.25, -0.2) is 19.9 Å². The summed E-state index contributed by atoms with van der Waals surface area (Å²) in [5.41, 5.74) is 0.869. The second kappa shape index (κ2) is 6.53. The lowest BCUT2D eigenvalue weighted by molar-refractivity contribution is 0.677. The van der Waals surface area contributed by atoms with Gasteiger partial charge in [-0.3, -0.25) is 9.97 Å². The Bertz CT molecular complexity index is 795. The average Bonchev–Trinajstić information content (AvgIpc) is 3.13.